The van der Waals surface area contributed by atoms with Gasteiger partial charge in [-0.05, 0) is 18.2 Å². The van der Waals surface area contributed by atoms with Crippen LogP contribution in [0.3, 0.4) is 0 Å². The predicted octanol–water partition coefficient (Wildman–Crippen LogP) is 2.17. The summed E-state index contributed by atoms with van der Waals surface area (Å²) in [6, 6.07) is 6.76. The molecule has 0 aliphatic carbocycles. The van der Waals surface area contributed by atoms with E-state index in [1.807, 2.05) is 0 Å². The minimum atomic E-state index is -3.89. The molecule has 6 heteroatoms. The molecule has 16 heavy (non-hydrogen) atoms. The summed E-state index contributed by atoms with van der Waals surface area (Å²) in [6.45, 7) is 0. The summed E-state index contributed by atoms with van der Waals surface area (Å²) in [5, 5.41) is 0.697. The van der Waals surface area contributed by atoms with Crippen LogP contribution in [-0.2, 0) is 9.05 Å². The van der Waals surface area contributed by atoms with Crippen LogP contribution >= 0.6 is 10.7 Å². The molecule has 2 aromatic rings. The van der Waals surface area contributed by atoms with Crippen LogP contribution in [0.1, 0.15) is 0 Å². The Morgan fingerprint density at radius 2 is 2.06 bits per heavy atom. The van der Waals surface area contributed by atoms with Crippen LogP contribution in [0.25, 0.3) is 10.9 Å². The van der Waals surface area contributed by atoms with E-state index in [1.54, 1.807) is 24.3 Å². The highest BCUT2D eigenvalue weighted by molar-refractivity contribution is 8.14. The van der Waals surface area contributed by atoms with E-state index in [0.29, 0.717) is 10.9 Å². The summed E-state index contributed by atoms with van der Waals surface area (Å²) >= 11 is 0. The molecule has 84 valence electrons. The molecule has 0 radical (unpaired) electrons. The molecule has 0 N–H and O–H groups in total. The summed E-state index contributed by atoms with van der Waals surface area (Å²) in [7, 11) is 2.87. The van der Waals surface area contributed by atoms with E-state index >= 15 is 0 Å². The lowest BCUT2D eigenvalue weighted by Crippen LogP contribution is -1.98. The monoisotopic (exact) mass is 257 g/mol. The molecule has 2 rings (SSSR count). The highest BCUT2D eigenvalue weighted by Gasteiger charge is 2.21. The fourth-order valence-electron chi connectivity index (χ4n) is 1.50. The second-order valence-corrected chi connectivity index (χ2v) is 5.61. The van der Waals surface area contributed by atoms with Gasteiger partial charge in [0, 0.05) is 22.3 Å². The fraction of sp³-hybridized carbons (Fsp3) is 0.100. The zero-order valence-electron chi connectivity index (χ0n) is 8.34. The Hall–Kier alpha value is -1.33. The van der Waals surface area contributed by atoms with E-state index in [2.05, 4.69) is 4.98 Å². The zero-order valence-corrected chi connectivity index (χ0v) is 9.92. The molecular formula is C10H8ClNO3S. The maximum Gasteiger partial charge on any atom is 0.267 e. The van der Waals surface area contributed by atoms with Crippen molar-refractivity contribution in [3.05, 3.63) is 30.5 Å². The van der Waals surface area contributed by atoms with Gasteiger partial charge in [-0.15, -0.1) is 0 Å². The fourth-order valence-corrected chi connectivity index (χ4v) is 2.74. The molecule has 1 heterocycles. The molecule has 0 atom stereocenters. The first-order valence-electron chi connectivity index (χ1n) is 4.40. The Balaban J connectivity index is 2.95. The summed E-state index contributed by atoms with van der Waals surface area (Å²) in [6.07, 6.45) is 1.51. The number of methoxy groups -OCH3 is 1. The molecule has 0 unspecified atom stereocenters. The van der Waals surface area contributed by atoms with Gasteiger partial charge in [0.25, 0.3) is 9.05 Å². The normalized spacial score (nSPS) is 11.6. The van der Waals surface area contributed by atoms with Gasteiger partial charge in [0.1, 0.15) is 5.75 Å². The van der Waals surface area contributed by atoms with Gasteiger partial charge in [0.05, 0.1) is 12.6 Å². The molecule has 0 aliphatic rings. The van der Waals surface area contributed by atoms with Gasteiger partial charge in [-0.3, -0.25) is 4.98 Å². The molecule has 1 aromatic heterocycles. The van der Waals surface area contributed by atoms with Gasteiger partial charge in [-0.2, -0.15) is 0 Å². The van der Waals surface area contributed by atoms with Crippen molar-refractivity contribution in [1.29, 1.82) is 0 Å². The Morgan fingerprint density at radius 3 is 2.69 bits per heavy atom. The molecule has 0 bridgehead atoms. The zero-order chi connectivity index (χ0) is 11.8. The third kappa shape index (κ3) is 1.83. The number of fused-ring (bicyclic) bond motifs is 1. The van der Waals surface area contributed by atoms with Crippen LogP contribution in [0, 0.1) is 0 Å². The third-order valence-electron chi connectivity index (χ3n) is 2.16. The second kappa shape index (κ2) is 3.92. The Labute approximate surface area is 97.2 Å². The van der Waals surface area contributed by atoms with Crippen LogP contribution < -0.4 is 4.74 Å². The maximum absolute atomic E-state index is 11.5. The molecule has 0 aliphatic heterocycles. The van der Waals surface area contributed by atoms with Gasteiger partial charge in [-0.1, -0.05) is 6.07 Å². The van der Waals surface area contributed by atoms with E-state index in [9.17, 15) is 8.42 Å². The van der Waals surface area contributed by atoms with Crippen molar-refractivity contribution in [2.24, 2.45) is 0 Å². The van der Waals surface area contributed by atoms with Crippen molar-refractivity contribution in [3.63, 3.8) is 0 Å². The van der Waals surface area contributed by atoms with Crippen LogP contribution in [0.4, 0.5) is 0 Å². The second-order valence-electron chi connectivity index (χ2n) is 3.11. The minimum Gasteiger partial charge on any atom is -0.495 e. The van der Waals surface area contributed by atoms with Crippen molar-refractivity contribution in [2.75, 3.05) is 7.11 Å². The molecule has 4 nitrogen and oxygen atoms in total. The first kappa shape index (κ1) is 11.2. The smallest absolute Gasteiger partial charge is 0.267 e. The molecule has 0 amide bonds. The number of halogens is 1. The Kier molecular flexibility index (Phi) is 2.73. The summed E-state index contributed by atoms with van der Waals surface area (Å²) < 4.78 is 27.9. The average Bonchev–Trinajstić information content (AvgIpc) is 2.26. The number of ether oxygens (including phenoxy) is 1. The quantitative estimate of drug-likeness (QED) is 0.774. The van der Waals surface area contributed by atoms with Gasteiger partial charge in [0.15, 0.2) is 4.90 Å². The Bertz CT molecular complexity index is 640. The Morgan fingerprint density at radius 1 is 1.31 bits per heavy atom. The van der Waals surface area contributed by atoms with E-state index in [1.165, 1.54) is 13.3 Å². The molecule has 0 saturated heterocycles. The number of pyridine rings is 1. The first-order chi connectivity index (χ1) is 7.54. The van der Waals surface area contributed by atoms with E-state index in [-0.39, 0.29) is 10.6 Å². The van der Waals surface area contributed by atoms with E-state index in [0.717, 1.165) is 0 Å². The molecule has 0 spiro atoms. The lowest BCUT2D eigenvalue weighted by molar-refractivity contribution is 0.404. The van der Waals surface area contributed by atoms with Crippen molar-refractivity contribution in [1.82, 2.24) is 4.98 Å². The summed E-state index contributed by atoms with van der Waals surface area (Å²) in [5.41, 5.74) is 0.317. The highest BCUT2D eigenvalue weighted by atomic mass is 35.7. The van der Waals surface area contributed by atoms with Crippen LogP contribution in [0.2, 0.25) is 0 Å². The van der Waals surface area contributed by atoms with Crippen molar-refractivity contribution < 1.29 is 13.2 Å². The number of hydrogen-bond acceptors (Lipinski definition) is 4. The van der Waals surface area contributed by atoms with Gasteiger partial charge in [0.2, 0.25) is 0 Å². The van der Waals surface area contributed by atoms with Crippen LogP contribution in [0.5, 0.6) is 5.75 Å². The van der Waals surface area contributed by atoms with Crippen molar-refractivity contribution >= 4 is 30.6 Å². The molecule has 1 aromatic carbocycles. The topological polar surface area (TPSA) is 56.3 Å². The predicted molar refractivity (Wildman–Crippen MR) is 61.3 cm³/mol. The average molecular weight is 258 g/mol. The third-order valence-corrected chi connectivity index (χ3v) is 3.50. The number of rotatable bonds is 2. The lowest BCUT2D eigenvalue weighted by Gasteiger charge is -2.07. The van der Waals surface area contributed by atoms with Crippen molar-refractivity contribution in [2.45, 2.75) is 4.90 Å². The lowest BCUT2D eigenvalue weighted by atomic mass is 10.2. The number of aromatic nitrogens is 1. The highest BCUT2D eigenvalue weighted by Crippen LogP contribution is 2.32. The SMILES string of the molecule is COc1ccc2cccnc2c1S(=O)(=O)Cl. The molecule has 0 fully saturated rings. The first-order valence-corrected chi connectivity index (χ1v) is 6.71. The van der Waals surface area contributed by atoms with Gasteiger partial charge in [-0.25, -0.2) is 8.42 Å². The summed E-state index contributed by atoms with van der Waals surface area (Å²) in [4.78, 5) is 3.92. The number of hydrogen-bond donors (Lipinski definition) is 0. The van der Waals surface area contributed by atoms with Crippen LogP contribution in [-0.4, -0.2) is 20.5 Å². The maximum atomic E-state index is 11.5. The molecule has 0 saturated carbocycles. The largest absolute Gasteiger partial charge is 0.495 e. The number of nitrogens with zero attached hydrogens (tertiary/aromatic N) is 1. The van der Waals surface area contributed by atoms with E-state index in [4.69, 9.17) is 15.4 Å². The number of benzene rings is 1. The standard InChI is InChI=1S/C10H8ClNO3S/c1-15-8-5-4-7-3-2-6-12-9(7)10(8)16(11,13)14/h2-6H,1H3. The minimum absolute atomic E-state index is 0.0882. The molecular weight excluding hydrogens is 250 g/mol. The van der Waals surface area contributed by atoms with Crippen LogP contribution in [0.15, 0.2) is 35.4 Å². The summed E-state index contributed by atoms with van der Waals surface area (Å²) in [5.74, 6) is 0.196. The van der Waals surface area contributed by atoms with E-state index < -0.39 is 9.05 Å². The van der Waals surface area contributed by atoms with Gasteiger partial charge >= 0.3 is 0 Å². The van der Waals surface area contributed by atoms with Gasteiger partial charge < -0.3 is 4.74 Å². The van der Waals surface area contributed by atoms with Crippen molar-refractivity contribution in [3.8, 4) is 5.75 Å².